The van der Waals surface area contributed by atoms with Crippen molar-refractivity contribution in [1.29, 1.82) is 0 Å². The van der Waals surface area contributed by atoms with Crippen LogP contribution in [0.1, 0.15) is 10.4 Å². The van der Waals surface area contributed by atoms with E-state index in [-0.39, 0.29) is 31.3 Å². The van der Waals surface area contributed by atoms with Crippen molar-refractivity contribution in [3.8, 4) is 11.5 Å². The summed E-state index contributed by atoms with van der Waals surface area (Å²) in [5, 5.41) is 12.7. The minimum atomic E-state index is -0.211. The first-order valence-corrected chi connectivity index (χ1v) is 8.08. The van der Waals surface area contributed by atoms with Crippen LogP contribution in [0.4, 0.5) is 5.95 Å². The van der Waals surface area contributed by atoms with E-state index in [4.69, 9.17) is 9.47 Å². The molecule has 0 aliphatic carbocycles. The zero-order chi connectivity index (χ0) is 17.2. The number of rotatable bonds is 4. The van der Waals surface area contributed by atoms with Crippen molar-refractivity contribution in [3.05, 3.63) is 42.2 Å². The normalized spacial score (nSPS) is 21.4. The van der Waals surface area contributed by atoms with Gasteiger partial charge in [0, 0.05) is 43.6 Å². The van der Waals surface area contributed by atoms with Crippen LogP contribution in [0.5, 0.6) is 11.5 Å². The number of hydrogen-bond acceptors (Lipinski definition) is 7. The van der Waals surface area contributed by atoms with Gasteiger partial charge in [-0.15, -0.1) is 0 Å². The van der Waals surface area contributed by atoms with Crippen LogP contribution in [0, 0.1) is 5.92 Å². The van der Waals surface area contributed by atoms with Crippen LogP contribution >= 0.6 is 0 Å². The molecule has 4 rings (SSSR count). The van der Waals surface area contributed by atoms with Crippen molar-refractivity contribution < 1.29 is 19.4 Å². The second-order valence-electron chi connectivity index (χ2n) is 6.04. The van der Waals surface area contributed by atoms with Crippen LogP contribution in [-0.2, 0) is 0 Å². The number of aliphatic hydroxyl groups excluding tert-OH is 1. The van der Waals surface area contributed by atoms with E-state index in [1.807, 2.05) is 4.90 Å². The Labute approximate surface area is 144 Å². The third kappa shape index (κ3) is 3.08. The predicted molar refractivity (Wildman–Crippen MR) is 88.6 cm³/mol. The molecule has 0 saturated carbocycles. The van der Waals surface area contributed by atoms with Gasteiger partial charge in [-0.25, -0.2) is 9.97 Å². The minimum Gasteiger partial charge on any atom is -0.454 e. The van der Waals surface area contributed by atoms with Crippen LogP contribution in [0.2, 0.25) is 0 Å². The molecule has 1 aromatic carbocycles. The quantitative estimate of drug-likeness (QED) is 0.832. The summed E-state index contributed by atoms with van der Waals surface area (Å²) in [4.78, 5) is 23.0. The lowest BCUT2D eigenvalue weighted by Crippen LogP contribution is -2.41. The van der Waals surface area contributed by atoms with Gasteiger partial charge < -0.3 is 24.8 Å². The Kier molecular flexibility index (Phi) is 4.10. The number of benzene rings is 1. The molecule has 0 radical (unpaired) electrons. The number of ether oxygens (including phenoxy) is 2. The number of aliphatic hydroxyl groups is 1. The maximum absolute atomic E-state index is 12.6. The minimum absolute atomic E-state index is 0.0184. The third-order valence-corrected chi connectivity index (χ3v) is 4.46. The number of carbonyl (C=O) groups excluding carboxylic acids is 1. The lowest BCUT2D eigenvalue weighted by molar-refractivity contribution is 0.0921. The molecule has 1 aromatic heterocycles. The lowest BCUT2D eigenvalue weighted by atomic mass is 10.0. The summed E-state index contributed by atoms with van der Waals surface area (Å²) < 4.78 is 10.6. The molecule has 1 fully saturated rings. The smallest absolute Gasteiger partial charge is 0.251 e. The molecule has 130 valence electrons. The highest BCUT2D eigenvalue weighted by Gasteiger charge is 2.34. The molecular formula is C17H18N4O4. The Morgan fingerprint density at radius 3 is 2.84 bits per heavy atom. The number of fused-ring (bicyclic) bond motifs is 1. The number of anilines is 1. The molecule has 2 aromatic rings. The molecule has 0 bridgehead atoms. The van der Waals surface area contributed by atoms with Gasteiger partial charge in [0.2, 0.25) is 12.7 Å². The summed E-state index contributed by atoms with van der Waals surface area (Å²) in [6.45, 7) is 1.29. The van der Waals surface area contributed by atoms with E-state index < -0.39 is 0 Å². The maximum Gasteiger partial charge on any atom is 0.251 e. The molecule has 8 nitrogen and oxygen atoms in total. The molecule has 3 heterocycles. The molecule has 25 heavy (non-hydrogen) atoms. The first-order valence-electron chi connectivity index (χ1n) is 8.08. The number of hydrogen-bond donors (Lipinski definition) is 2. The monoisotopic (exact) mass is 342 g/mol. The van der Waals surface area contributed by atoms with Crippen LogP contribution in [0.3, 0.4) is 0 Å². The first-order chi connectivity index (χ1) is 12.2. The highest BCUT2D eigenvalue weighted by atomic mass is 16.7. The fraction of sp³-hybridized carbons (Fsp3) is 0.353. The highest BCUT2D eigenvalue weighted by molar-refractivity contribution is 5.95. The van der Waals surface area contributed by atoms with Crippen molar-refractivity contribution in [2.45, 2.75) is 6.04 Å². The second kappa shape index (κ2) is 6.56. The molecular weight excluding hydrogens is 324 g/mol. The van der Waals surface area contributed by atoms with E-state index in [9.17, 15) is 9.90 Å². The molecule has 0 unspecified atom stereocenters. The van der Waals surface area contributed by atoms with E-state index in [1.54, 1.807) is 36.7 Å². The van der Waals surface area contributed by atoms with Gasteiger partial charge in [-0.3, -0.25) is 4.79 Å². The van der Waals surface area contributed by atoms with E-state index in [2.05, 4.69) is 15.3 Å². The van der Waals surface area contributed by atoms with Gasteiger partial charge in [-0.2, -0.15) is 0 Å². The van der Waals surface area contributed by atoms with Crippen LogP contribution in [-0.4, -0.2) is 53.5 Å². The zero-order valence-corrected chi connectivity index (χ0v) is 13.5. The fourth-order valence-electron chi connectivity index (χ4n) is 3.13. The Hall–Kier alpha value is -2.87. The summed E-state index contributed by atoms with van der Waals surface area (Å²) in [5.74, 6) is 1.51. The molecule has 2 atom stereocenters. The van der Waals surface area contributed by atoms with Crippen LogP contribution in [0.15, 0.2) is 36.7 Å². The van der Waals surface area contributed by atoms with Crippen LogP contribution in [0.25, 0.3) is 0 Å². The third-order valence-electron chi connectivity index (χ3n) is 4.46. The van der Waals surface area contributed by atoms with Crippen molar-refractivity contribution in [1.82, 2.24) is 15.3 Å². The molecule has 8 heteroatoms. The summed E-state index contributed by atoms with van der Waals surface area (Å²) in [6, 6.07) is 6.65. The molecule has 2 aliphatic rings. The fourth-order valence-corrected chi connectivity index (χ4v) is 3.13. The second-order valence-corrected chi connectivity index (χ2v) is 6.04. The number of nitrogens with one attached hydrogen (secondary N) is 1. The van der Waals surface area contributed by atoms with Gasteiger partial charge in [0.25, 0.3) is 5.91 Å². The average molecular weight is 342 g/mol. The lowest BCUT2D eigenvalue weighted by Gasteiger charge is -2.18. The van der Waals surface area contributed by atoms with Gasteiger partial charge in [0.05, 0.1) is 6.04 Å². The Morgan fingerprint density at radius 2 is 2.04 bits per heavy atom. The van der Waals surface area contributed by atoms with E-state index >= 15 is 0 Å². The van der Waals surface area contributed by atoms with E-state index in [0.29, 0.717) is 36.1 Å². The SMILES string of the molecule is O=C(N[C@@H]1CN(c2ncccn2)C[C@H]1CO)c1ccc2c(c1)OCO2. The van der Waals surface area contributed by atoms with Crippen molar-refractivity contribution >= 4 is 11.9 Å². The van der Waals surface area contributed by atoms with Gasteiger partial charge in [0.1, 0.15) is 0 Å². The molecule has 2 aliphatic heterocycles. The van der Waals surface area contributed by atoms with E-state index in [0.717, 1.165) is 0 Å². The van der Waals surface area contributed by atoms with Crippen LogP contribution < -0.4 is 19.7 Å². The van der Waals surface area contributed by atoms with Crippen molar-refractivity contribution in [2.24, 2.45) is 5.92 Å². The standard InChI is InChI=1S/C17H18N4O4/c22-9-12-7-21(17-18-4-1-5-19-17)8-13(12)20-16(23)11-2-3-14-15(6-11)25-10-24-14/h1-6,12-13,22H,7-10H2,(H,20,23)/t12-,13+/m0/s1. The predicted octanol–water partition coefficient (Wildman–Crippen LogP) is 0.432. The van der Waals surface area contributed by atoms with Crippen molar-refractivity contribution in [3.63, 3.8) is 0 Å². The maximum atomic E-state index is 12.6. The number of carbonyl (C=O) groups is 1. The average Bonchev–Trinajstić information content (AvgIpc) is 3.28. The summed E-state index contributed by atoms with van der Waals surface area (Å²) in [6.07, 6.45) is 3.35. The van der Waals surface area contributed by atoms with E-state index in [1.165, 1.54) is 0 Å². The number of amides is 1. The largest absolute Gasteiger partial charge is 0.454 e. The van der Waals surface area contributed by atoms with Crippen molar-refractivity contribution in [2.75, 3.05) is 31.4 Å². The Morgan fingerprint density at radius 1 is 1.24 bits per heavy atom. The van der Waals surface area contributed by atoms with Gasteiger partial charge >= 0.3 is 0 Å². The number of nitrogens with zero attached hydrogens (tertiary/aromatic N) is 3. The number of aromatic nitrogens is 2. The Balaban J connectivity index is 1.46. The van der Waals surface area contributed by atoms with Gasteiger partial charge in [-0.1, -0.05) is 0 Å². The molecule has 1 amide bonds. The summed E-state index contributed by atoms with van der Waals surface area (Å²) in [7, 11) is 0. The topological polar surface area (TPSA) is 96.8 Å². The van der Waals surface area contributed by atoms with Gasteiger partial charge in [0.15, 0.2) is 11.5 Å². The van der Waals surface area contributed by atoms with Gasteiger partial charge in [-0.05, 0) is 24.3 Å². The zero-order valence-electron chi connectivity index (χ0n) is 13.5. The summed E-state index contributed by atoms with van der Waals surface area (Å²) >= 11 is 0. The molecule has 2 N–H and O–H groups in total. The first kappa shape index (κ1) is 15.6. The molecule has 0 spiro atoms. The highest BCUT2D eigenvalue weighted by Crippen LogP contribution is 2.32. The molecule has 1 saturated heterocycles. The Bertz CT molecular complexity index is 770. The summed E-state index contributed by atoms with van der Waals surface area (Å²) in [5.41, 5.74) is 0.496.